The third-order valence-electron chi connectivity index (χ3n) is 6.22. The number of furan rings is 1. The molecule has 0 spiro atoms. The first-order chi connectivity index (χ1) is 15.3. The molecule has 0 N–H and O–H groups in total. The van der Waals surface area contributed by atoms with Crippen molar-refractivity contribution in [2.75, 3.05) is 0 Å². The van der Waals surface area contributed by atoms with Gasteiger partial charge in [-0.2, -0.15) is 0 Å². The second-order valence-electron chi connectivity index (χ2n) is 7.96. The minimum atomic E-state index is 0.928. The fourth-order valence-corrected chi connectivity index (χ4v) is 5.25. The van der Waals surface area contributed by atoms with Crippen LogP contribution in [0.5, 0.6) is 0 Å². The van der Waals surface area contributed by atoms with Gasteiger partial charge >= 0.3 is 0 Å². The maximum atomic E-state index is 6.15. The van der Waals surface area contributed by atoms with E-state index in [1.807, 2.05) is 12.1 Å². The first kappa shape index (κ1) is 17.2. The summed E-state index contributed by atoms with van der Waals surface area (Å²) in [6, 6.07) is 34.3. The highest BCUT2D eigenvalue weighted by Gasteiger charge is 2.16. The molecule has 0 aliphatic carbocycles. The van der Waals surface area contributed by atoms with Crippen LogP contribution in [0.3, 0.4) is 0 Å². The molecule has 31 heavy (non-hydrogen) atoms. The standard InChI is InChI=1S/C28H16BrNO/c29-18-11-12-24-23(15-18)22-14-17-10-13-27-28(20-8-4-5-9-26(20)31-27)21(17)16-25(22)30(24)19-6-2-1-3-7-19/h1-16H. The summed E-state index contributed by atoms with van der Waals surface area (Å²) in [5.74, 6) is 0. The highest BCUT2D eigenvalue weighted by Crippen LogP contribution is 2.40. The molecule has 0 atom stereocenters. The number of halogens is 1. The lowest BCUT2D eigenvalue weighted by atomic mass is 10.0. The third-order valence-corrected chi connectivity index (χ3v) is 6.71. The molecule has 2 heterocycles. The Balaban J connectivity index is 1.73. The zero-order chi connectivity index (χ0) is 20.5. The van der Waals surface area contributed by atoms with E-state index in [1.165, 1.54) is 38.0 Å². The van der Waals surface area contributed by atoms with Gasteiger partial charge in [0.1, 0.15) is 11.2 Å². The molecule has 0 fully saturated rings. The van der Waals surface area contributed by atoms with Crippen molar-refractivity contribution in [2.24, 2.45) is 0 Å². The van der Waals surface area contributed by atoms with E-state index in [9.17, 15) is 0 Å². The van der Waals surface area contributed by atoms with E-state index in [1.54, 1.807) is 0 Å². The van der Waals surface area contributed by atoms with Gasteiger partial charge in [-0.25, -0.2) is 0 Å². The molecular weight excluding hydrogens is 446 g/mol. The van der Waals surface area contributed by atoms with Crippen molar-refractivity contribution in [1.82, 2.24) is 4.57 Å². The summed E-state index contributed by atoms with van der Waals surface area (Å²) >= 11 is 3.67. The van der Waals surface area contributed by atoms with Crippen molar-refractivity contribution in [1.29, 1.82) is 0 Å². The van der Waals surface area contributed by atoms with Gasteiger partial charge in [0, 0.05) is 31.7 Å². The Hall–Kier alpha value is -3.56. The second kappa shape index (κ2) is 6.22. The van der Waals surface area contributed by atoms with Gasteiger partial charge in [0.05, 0.1) is 11.0 Å². The molecule has 0 radical (unpaired) electrons. The predicted molar refractivity (Wildman–Crippen MR) is 133 cm³/mol. The van der Waals surface area contributed by atoms with Gasteiger partial charge in [0.2, 0.25) is 0 Å². The van der Waals surface area contributed by atoms with Crippen LogP contribution in [-0.2, 0) is 0 Å². The molecular formula is C28H16BrNO. The lowest BCUT2D eigenvalue weighted by Crippen LogP contribution is -1.93. The van der Waals surface area contributed by atoms with Gasteiger partial charge in [-0.1, -0.05) is 58.4 Å². The van der Waals surface area contributed by atoms with Crippen LogP contribution in [0.15, 0.2) is 106 Å². The molecule has 0 unspecified atom stereocenters. The van der Waals surface area contributed by atoms with Crippen LogP contribution in [-0.4, -0.2) is 4.57 Å². The molecule has 5 aromatic carbocycles. The zero-order valence-corrected chi connectivity index (χ0v) is 18.1. The quantitative estimate of drug-likeness (QED) is 0.239. The van der Waals surface area contributed by atoms with E-state index in [0.29, 0.717) is 0 Å². The predicted octanol–water partition coefficient (Wildman–Crippen LogP) is 8.60. The minimum Gasteiger partial charge on any atom is -0.456 e. The number of para-hydroxylation sites is 2. The Bertz CT molecular complexity index is 1790. The molecule has 0 bridgehead atoms. The monoisotopic (exact) mass is 461 g/mol. The molecule has 146 valence electrons. The van der Waals surface area contributed by atoms with Crippen molar-refractivity contribution in [3.63, 3.8) is 0 Å². The molecule has 3 heteroatoms. The van der Waals surface area contributed by atoms with Gasteiger partial charge in [0.15, 0.2) is 0 Å². The Morgan fingerprint density at radius 2 is 1.39 bits per heavy atom. The Morgan fingerprint density at radius 3 is 2.29 bits per heavy atom. The van der Waals surface area contributed by atoms with E-state index in [2.05, 4.69) is 105 Å². The molecule has 7 rings (SSSR count). The molecule has 7 aromatic rings. The van der Waals surface area contributed by atoms with Crippen LogP contribution in [0, 0.1) is 0 Å². The van der Waals surface area contributed by atoms with E-state index in [0.717, 1.165) is 26.7 Å². The first-order valence-electron chi connectivity index (χ1n) is 10.3. The van der Waals surface area contributed by atoms with E-state index in [4.69, 9.17) is 4.42 Å². The number of fused-ring (bicyclic) bond motifs is 8. The smallest absolute Gasteiger partial charge is 0.136 e. The maximum Gasteiger partial charge on any atom is 0.136 e. The third kappa shape index (κ3) is 2.38. The Labute approximate surface area is 186 Å². The number of aromatic nitrogens is 1. The second-order valence-corrected chi connectivity index (χ2v) is 8.88. The summed E-state index contributed by atoms with van der Waals surface area (Å²) in [4.78, 5) is 0. The van der Waals surface area contributed by atoms with Crippen LogP contribution < -0.4 is 0 Å². The number of nitrogens with zero attached hydrogens (tertiary/aromatic N) is 1. The molecule has 2 nitrogen and oxygen atoms in total. The number of hydrogen-bond acceptors (Lipinski definition) is 1. The van der Waals surface area contributed by atoms with Gasteiger partial charge in [-0.3, -0.25) is 0 Å². The summed E-state index contributed by atoms with van der Waals surface area (Å²) < 4.78 is 9.59. The highest BCUT2D eigenvalue weighted by molar-refractivity contribution is 9.10. The molecule has 0 aliphatic heterocycles. The SMILES string of the molecule is Brc1ccc2c(c1)c1cc3ccc4oc5ccccc5c4c3cc1n2-c1ccccc1. The number of hydrogen-bond donors (Lipinski definition) is 0. The number of rotatable bonds is 1. The summed E-state index contributed by atoms with van der Waals surface area (Å²) in [5.41, 5.74) is 5.42. The summed E-state index contributed by atoms with van der Waals surface area (Å²) in [7, 11) is 0. The fraction of sp³-hybridized carbons (Fsp3) is 0. The van der Waals surface area contributed by atoms with Crippen LogP contribution in [0.2, 0.25) is 0 Å². The normalized spacial score (nSPS) is 12.0. The maximum absolute atomic E-state index is 6.15. The van der Waals surface area contributed by atoms with Gasteiger partial charge < -0.3 is 8.98 Å². The van der Waals surface area contributed by atoms with Crippen LogP contribution in [0.4, 0.5) is 0 Å². The van der Waals surface area contributed by atoms with Crippen molar-refractivity contribution < 1.29 is 4.42 Å². The van der Waals surface area contributed by atoms with Gasteiger partial charge in [0.25, 0.3) is 0 Å². The van der Waals surface area contributed by atoms with Crippen LogP contribution in [0.25, 0.3) is 60.2 Å². The van der Waals surface area contributed by atoms with Crippen molar-refractivity contribution in [3.05, 3.63) is 102 Å². The molecule has 2 aromatic heterocycles. The Kier molecular flexibility index (Phi) is 3.44. The summed E-state index contributed by atoms with van der Waals surface area (Å²) in [6.45, 7) is 0. The molecule has 0 saturated carbocycles. The van der Waals surface area contributed by atoms with Crippen molar-refractivity contribution in [3.8, 4) is 5.69 Å². The van der Waals surface area contributed by atoms with Crippen molar-refractivity contribution >= 4 is 70.4 Å². The highest BCUT2D eigenvalue weighted by atomic mass is 79.9. The van der Waals surface area contributed by atoms with Crippen LogP contribution >= 0.6 is 15.9 Å². The molecule has 0 amide bonds. The average molecular weight is 462 g/mol. The topological polar surface area (TPSA) is 18.1 Å². The fourth-order valence-electron chi connectivity index (χ4n) is 4.89. The molecule has 0 saturated heterocycles. The summed E-state index contributed by atoms with van der Waals surface area (Å²) in [5, 5.41) is 7.27. The van der Waals surface area contributed by atoms with Crippen LogP contribution in [0.1, 0.15) is 0 Å². The van der Waals surface area contributed by atoms with Gasteiger partial charge in [-0.15, -0.1) is 0 Å². The minimum absolute atomic E-state index is 0.928. The van der Waals surface area contributed by atoms with E-state index >= 15 is 0 Å². The first-order valence-corrected chi connectivity index (χ1v) is 11.1. The van der Waals surface area contributed by atoms with Crippen molar-refractivity contribution in [2.45, 2.75) is 0 Å². The van der Waals surface area contributed by atoms with Gasteiger partial charge in [-0.05, 0) is 65.4 Å². The average Bonchev–Trinajstić information content (AvgIpc) is 3.33. The summed E-state index contributed by atoms with van der Waals surface area (Å²) in [6.07, 6.45) is 0. The Morgan fingerprint density at radius 1 is 0.581 bits per heavy atom. The largest absolute Gasteiger partial charge is 0.456 e. The van der Waals surface area contributed by atoms with E-state index < -0.39 is 0 Å². The lowest BCUT2D eigenvalue weighted by Gasteiger charge is -2.08. The van der Waals surface area contributed by atoms with E-state index in [-0.39, 0.29) is 0 Å². The number of benzene rings is 5. The molecule has 0 aliphatic rings. The lowest BCUT2D eigenvalue weighted by molar-refractivity contribution is 0.669. The zero-order valence-electron chi connectivity index (χ0n) is 16.5.